The highest BCUT2D eigenvalue weighted by Gasteiger charge is 2.30. The molecule has 0 aliphatic carbocycles. The molecule has 2 aromatic carbocycles. The van der Waals surface area contributed by atoms with Gasteiger partial charge in [-0.05, 0) is 6.07 Å². The molecule has 0 radical (unpaired) electrons. The maximum atomic E-state index is 13.7. The highest BCUT2D eigenvalue weighted by molar-refractivity contribution is 7.99. The lowest BCUT2D eigenvalue weighted by molar-refractivity contribution is -0.128. The molecule has 2 aromatic rings. The first-order valence-corrected chi connectivity index (χ1v) is 8.59. The normalized spacial score (nSPS) is 11.5. The van der Waals surface area contributed by atoms with Gasteiger partial charge in [-0.15, -0.1) is 11.8 Å². The quantitative estimate of drug-likeness (QED) is 0.436. The molecule has 0 saturated carbocycles. The van der Waals surface area contributed by atoms with Crippen LogP contribution in [0.2, 0.25) is 0 Å². The summed E-state index contributed by atoms with van der Waals surface area (Å²) >= 11 is 0.497. The summed E-state index contributed by atoms with van der Waals surface area (Å²) < 4.78 is 67.4. The van der Waals surface area contributed by atoms with E-state index in [0.29, 0.717) is 11.8 Å². The van der Waals surface area contributed by atoms with Gasteiger partial charge in [0.2, 0.25) is 5.91 Å². The Morgan fingerprint density at radius 3 is 2.15 bits per heavy atom. The predicted molar refractivity (Wildman–Crippen MR) is 89.0 cm³/mol. The molecule has 0 aliphatic rings. The van der Waals surface area contributed by atoms with Gasteiger partial charge in [0.15, 0.2) is 23.3 Å². The Hall–Kier alpha value is -2.09. The number of thioether (sulfide) groups is 1. The van der Waals surface area contributed by atoms with Crippen molar-refractivity contribution in [1.82, 2.24) is 5.32 Å². The van der Waals surface area contributed by atoms with E-state index in [1.807, 2.05) is 0 Å². The van der Waals surface area contributed by atoms with Crippen molar-refractivity contribution in [2.45, 2.75) is 25.3 Å². The molecule has 8 heteroatoms. The molecular weight excluding hydrogens is 373 g/mol. The monoisotopic (exact) mass is 389 g/mol. The molecule has 2 nitrogen and oxygen atoms in total. The van der Waals surface area contributed by atoms with Crippen LogP contribution in [0.3, 0.4) is 0 Å². The van der Waals surface area contributed by atoms with Crippen molar-refractivity contribution >= 4 is 17.7 Å². The van der Waals surface area contributed by atoms with Crippen LogP contribution in [0.1, 0.15) is 19.4 Å². The van der Waals surface area contributed by atoms with E-state index in [9.17, 15) is 26.7 Å². The van der Waals surface area contributed by atoms with Gasteiger partial charge in [-0.25, -0.2) is 22.0 Å². The van der Waals surface area contributed by atoms with Crippen molar-refractivity contribution in [2.24, 2.45) is 5.41 Å². The van der Waals surface area contributed by atoms with Gasteiger partial charge in [0.05, 0.1) is 10.3 Å². The number of hydrogen-bond donors (Lipinski definition) is 1. The smallest absolute Gasteiger partial charge is 0.226 e. The van der Waals surface area contributed by atoms with Crippen molar-refractivity contribution in [2.75, 3.05) is 5.75 Å². The van der Waals surface area contributed by atoms with E-state index < -0.39 is 45.3 Å². The van der Waals surface area contributed by atoms with E-state index >= 15 is 0 Å². The van der Waals surface area contributed by atoms with Gasteiger partial charge in [-0.2, -0.15) is 0 Å². The van der Waals surface area contributed by atoms with Gasteiger partial charge < -0.3 is 5.32 Å². The Kier molecular flexibility index (Phi) is 6.28. The summed E-state index contributed by atoms with van der Waals surface area (Å²) in [6.07, 6.45) is 0. The van der Waals surface area contributed by atoms with E-state index in [0.717, 1.165) is 0 Å². The minimum absolute atomic E-state index is 0.0586. The Labute approximate surface area is 151 Å². The summed E-state index contributed by atoms with van der Waals surface area (Å²) in [5.41, 5.74) is -0.842. The second-order valence-corrected chi connectivity index (χ2v) is 7.23. The molecule has 0 atom stereocenters. The van der Waals surface area contributed by atoms with Crippen LogP contribution in [-0.4, -0.2) is 11.7 Å². The lowest BCUT2D eigenvalue weighted by atomic mass is 9.95. The minimum Gasteiger partial charge on any atom is -0.351 e. The van der Waals surface area contributed by atoms with E-state index in [4.69, 9.17) is 0 Å². The largest absolute Gasteiger partial charge is 0.351 e. The van der Waals surface area contributed by atoms with Crippen LogP contribution in [0.4, 0.5) is 22.0 Å². The highest BCUT2D eigenvalue weighted by atomic mass is 32.2. The number of hydrogen-bond acceptors (Lipinski definition) is 2. The highest BCUT2D eigenvalue weighted by Crippen LogP contribution is 2.33. The first kappa shape index (κ1) is 20.2. The van der Waals surface area contributed by atoms with Gasteiger partial charge in [-0.3, -0.25) is 4.79 Å². The first-order valence-electron chi connectivity index (χ1n) is 7.61. The van der Waals surface area contributed by atoms with Gasteiger partial charge in [0, 0.05) is 23.9 Å². The molecule has 0 aromatic heterocycles. The maximum absolute atomic E-state index is 13.7. The minimum atomic E-state index is -1.51. The fraction of sp³-hybridized carbons (Fsp3) is 0.278. The van der Waals surface area contributed by atoms with Crippen LogP contribution in [-0.2, 0) is 11.3 Å². The molecule has 2 rings (SSSR count). The third-order valence-corrected chi connectivity index (χ3v) is 5.17. The zero-order valence-electron chi connectivity index (χ0n) is 14.0. The zero-order valence-corrected chi connectivity index (χ0v) is 14.8. The van der Waals surface area contributed by atoms with Crippen LogP contribution in [0.5, 0.6) is 0 Å². The average molecular weight is 389 g/mol. The Balaban J connectivity index is 2.04. The summed E-state index contributed by atoms with van der Waals surface area (Å²) in [4.78, 5) is 11.5. The van der Waals surface area contributed by atoms with Crippen LogP contribution in [0.15, 0.2) is 35.2 Å². The van der Waals surface area contributed by atoms with Crippen LogP contribution >= 0.6 is 11.8 Å². The number of carbonyl (C=O) groups is 1. The molecule has 0 fully saturated rings. The number of carbonyl (C=O) groups excluding carboxylic acids is 1. The number of halogens is 5. The SMILES string of the molecule is CC(C)(CSc1c(F)c(F)cc(F)c1F)C(=O)NCc1ccccc1F. The molecule has 1 N–H and O–H groups in total. The number of benzene rings is 2. The van der Waals surface area contributed by atoms with Crippen molar-refractivity contribution < 1.29 is 26.7 Å². The number of amides is 1. The lowest BCUT2D eigenvalue weighted by Crippen LogP contribution is -2.38. The second-order valence-electron chi connectivity index (χ2n) is 6.24. The van der Waals surface area contributed by atoms with Crippen molar-refractivity contribution in [3.63, 3.8) is 0 Å². The van der Waals surface area contributed by atoms with Crippen molar-refractivity contribution in [1.29, 1.82) is 0 Å². The molecule has 0 spiro atoms. The Morgan fingerprint density at radius 2 is 1.58 bits per heavy atom. The zero-order chi connectivity index (χ0) is 19.5. The van der Waals surface area contributed by atoms with Gasteiger partial charge in [-0.1, -0.05) is 32.0 Å². The molecule has 0 unspecified atom stereocenters. The topological polar surface area (TPSA) is 29.1 Å². The summed E-state index contributed by atoms with van der Waals surface area (Å²) in [6.45, 7) is 2.95. The summed E-state index contributed by atoms with van der Waals surface area (Å²) in [5.74, 6) is -7.13. The molecular formula is C18H16F5NOS. The number of rotatable bonds is 6. The van der Waals surface area contributed by atoms with E-state index in [1.165, 1.54) is 32.0 Å². The third kappa shape index (κ3) is 4.55. The summed E-state index contributed by atoms with van der Waals surface area (Å²) in [6, 6.07) is 6.03. The van der Waals surface area contributed by atoms with Gasteiger partial charge >= 0.3 is 0 Å². The fourth-order valence-electron chi connectivity index (χ4n) is 2.05. The molecule has 26 heavy (non-hydrogen) atoms. The lowest BCUT2D eigenvalue weighted by Gasteiger charge is -2.23. The van der Waals surface area contributed by atoms with E-state index in [1.54, 1.807) is 6.07 Å². The van der Waals surface area contributed by atoms with Crippen LogP contribution in [0, 0.1) is 34.5 Å². The molecule has 0 bridgehead atoms. The van der Waals surface area contributed by atoms with E-state index in [-0.39, 0.29) is 23.9 Å². The maximum Gasteiger partial charge on any atom is 0.226 e. The number of nitrogens with one attached hydrogen (secondary N) is 1. The summed E-state index contributed by atoms with van der Waals surface area (Å²) in [5, 5.41) is 2.54. The van der Waals surface area contributed by atoms with Gasteiger partial charge in [0.25, 0.3) is 0 Å². The summed E-state index contributed by atoms with van der Waals surface area (Å²) in [7, 11) is 0. The second kappa shape index (κ2) is 8.07. The van der Waals surface area contributed by atoms with Gasteiger partial charge in [0.1, 0.15) is 5.82 Å². The third-order valence-electron chi connectivity index (χ3n) is 3.66. The molecule has 0 aliphatic heterocycles. The van der Waals surface area contributed by atoms with E-state index in [2.05, 4.69) is 5.32 Å². The Bertz CT molecular complexity index is 799. The first-order chi connectivity index (χ1) is 12.1. The van der Waals surface area contributed by atoms with Crippen LogP contribution in [0.25, 0.3) is 0 Å². The Morgan fingerprint density at radius 1 is 1.00 bits per heavy atom. The molecule has 140 valence electrons. The average Bonchev–Trinajstić information content (AvgIpc) is 2.59. The standard InChI is InChI=1S/C18H16F5NOS/c1-18(2,17(25)24-8-10-5-3-4-6-11(10)19)9-26-16-14(22)12(20)7-13(21)15(16)23/h3-7H,8-9H2,1-2H3,(H,24,25). The molecule has 1 amide bonds. The van der Waals surface area contributed by atoms with Crippen molar-refractivity contribution in [3.8, 4) is 0 Å². The fourth-order valence-corrected chi connectivity index (χ4v) is 3.14. The molecule has 0 heterocycles. The van der Waals surface area contributed by atoms with Crippen LogP contribution < -0.4 is 5.32 Å². The molecule has 0 saturated heterocycles. The predicted octanol–water partition coefficient (Wildman–Crippen LogP) is 4.82. The van der Waals surface area contributed by atoms with Crippen molar-refractivity contribution in [3.05, 3.63) is 65.0 Å².